The predicted octanol–water partition coefficient (Wildman–Crippen LogP) is 3.20. The van der Waals surface area contributed by atoms with E-state index in [4.69, 9.17) is 0 Å². The summed E-state index contributed by atoms with van der Waals surface area (Å²) in [5, 5.41) is 3.31. The molecule has 1 fully saturated rings. The zero-order valence-electron chi connectivity index (χ0n) is 10.5. The van der Waals surface area contributed by atoms with Crippen LogP contribution in [0.3, 0.4) is 0 Å². The average Bonchev–Trinajstić information content (AvgIpc) is 2.33. The van der Waals surface area contributed by atoms with Crippen LogP contribution in [0.25, 0.3) is 0 Å². The Balaban J connectivity index is 0.00000162. The molecule has 0 amide bonds. The zero-order valence-corrected chi connectivity index (χ0v) is 11.4. The summed E-state index contributed by atoms with van der Waals surface area (Å²) in [7, 11) is 0. The fraction of sp³-hybridized carbons (Fsp3) is 0.500. The molecule has 0 saturated heterocycles. The molecule has 100 valence electrons. The smallest absolute Gasteiger partial charge is 0.157 e. The molecular formula is C14H19ClFNO. The van der Waals surface area contributed by atoms with Crippen LogP contribution in [0.2, 0.25) is 0 Å². The molecule has 0 bridgehead atoms. The second kappa shape index (κ2) is 6.30. The number of hydrogen-bond acceptors (Lipinski definition) is 2. The van der Waals surface area contributed by atoms with E-state index in [-0.39, 0.29) is 24.0 Å². The van der Waals surface area contributed by atoms with Crippen molar-refractivity contribution in [2.45, 2.75) is 38.1 Å². The molecule has 1 aromatic rings. The first-order valence-electron chi connectivity index (χ1n) is 6.23. The second-order valence-corrected chi connectivity index (χ2v) is 4.57. The lowest BCUT2D eigenvalue weighted by Gasteiger charge is -2.37. The van der Waals surface area contributed by atoms with Crippen molar-refractivity contribution in [1.82, 2.24) is 5.32 Å². The van der Waals surface area contributed by atoms with Crippen molar-refractivity contribution in [2.24, 2.45) is 0 Å². The zero-order chi connectivity index (χ0) is 12.3. The second-order valence-electron chi connectivity index (χ2n) is 4.57. The molecule has 2 nitrogen and oxygen atoms in total. The van der Waals surface area contributed by atoms with Gasteiger partial charge in [0.25, 0.3) is 0 Å². The number of halogens is 2. The Morgan fingerprint density at radius 3 is 2.50 bits per heavy atom. The molecule has 1 unspecified atom stereocenters. The first-order valence-corrected chi connectivity index (χ1v) is 6.23. The third-order valence-electron chi connectivity index (χ3n) is 3.50. The minimum atomic E-state index is -0.583. The van der Waals surface area contributed by atoms with Crippen molar-refractivity contribution in [3.63, 3.8) is 0 Å². The van der Waals surface area contributed by atoms with Gasteiger partial charge in [0, 0.05) is 6.42 Å². The molecule has 1 aliphatic carbocycles. The molecule has 1 aliphatic rings. The number of likely N-dealkylation sites (N-methyl/N-ethyl adjacent to an activating group) is 1. The quantitative estimate of drug-likeness (QED) is 0.915. The number of carbonyl (C=O) groups is 1. The number of ketones is 1. The highest BCUT2D eigenvalue weighted by atomic mass is 35.5. The van der Waals surface area contributed by atoms with Crippen LogP contribution in [0.1, 0.15) is 38.2 Å². The first-order chi connectivity index (χ1) is 8.19. The van der Waals surface area contributed by atoms with Gasteiger partial charge < -0.3 is 5.32 Å². The Bertz CT molecular complexity index is 403. The van der Waals surface area contributed by atoms with Gasteiger partial charge in [-0.05, 0) is 37.1 Å². The highest BCUT2D eigenvalue weighted by Crippen LogP contribution is 2.34. The van der Waals surface area contributed by atoms with Crippen LogP contribution < -0.4 is 5.32 Å². The summed E-state index contributed by atoms with van der Waals surface area (Å²) in [5.74, 6) is -0.0270. The van der Waals surface area contributed by atoms with E-state index in [1.165, 1.54) is 12.1 Å². The maximum absolute atomic E-state index is 13.0. The summed E-state index contributed by atoms with van der Waals surface area (Å²) in [6.45, 7) is 2.73. The third-order valence-corrected chi connectivity index (χ3v) is 3.50. The normalized spacial score (nSPS) is 23.6. The predicted molar refractivity (Wildman–Crippen MR) is 72.5 cm³/mol. The van der Waals surface area contributed by atoms with Crippen LogP contribution in [-0.4, -0.2) is 12.3 Å². The Kier molecular flexibility index (Phi) is 5.29. The molecule has 18 heavy (non-hydrogen) atoms. The highest BCUT2D eigenvalue weighted by Gasteiger charge is 2.40. The molecule has 0 radical (unpaired) electrons. The van der Waals surface area contributed by atoms with Gasteiger partial charge in [0.15, 0.2) is 5.78 Å². The number of benzene rings is 1. The largest absolute Gasteiger partial charge is 0.302 e. The number of rotatable bonds is 3. The number of hydrogen-bond donors (Lipinski definition) is 1. The summed E-state index contributed by atoms with van der Waals surface area (Å²) in [6, 6.07) is 6.30. The lowest BCUT2D eigenvalue weighted by atomic mass is 9.75. The Hall–Kier alpha value is -0.930. The molecule has 2 rings (SSSR count). The van der Waals surface area contributed by atoms with Crippen molar-refractivity contribution in [3.8, 4) is 0 Å². The minimum Gasteiger partial charge on any atom is -0.302 e. The lowest BCUT2D eigenvalue weighted by molar-refractivity contribution is -0.128. The lowest BCUT2D eigenvalue weighted by Crippen LogP contribution is -2.50. The summed E-state index contributed by atoms with van der Waals surface area (Å²) in [4.78, 5) is 12.2. The molecule has 1 atom stereocenters. The SMILES string of the molecule is CCNC1(c2ccc(F)cc2)CCCCC1=O.Cl. The van der Waals surface area contributed by atoms with Crippen molar-refractivity contribution in [3.05, 3.63) is 35.6 Å². The number of Topliss-reactive ketones (excluding diaryl/α,β-unsaturated/α-hetero) is 1. The van der Waals surface area contributed by atoms with Gasteiger partial charge in [0.1, 0.15) is 11.4 Å². The first kappa shape index (κ1) is 15.1. The Labute approximate surface area is 113 Å². The van der Waals surface area contributed by atoms with E-state index in [1.807, 2.05) is 6.92 Å². The monoisotopic (exact) mass is 271 g/mol. The standard InChI is InChI=1S/C14H18FNO.ClH/c1-2-16-14(10-4-3-5-13(14)17)11-6-8-12(15)9-7-11;/h6-9,16H,2-5,10H2,1H3;1H. The molecule has 1 saturated carbocycles. The van der Waals surface area contributed by atoms with Crippen molar-refractivity contribution in [1.29, 1.82) is 0 Å². The molecule has 1 N–H and O–H groups in total. The fourth-order valence-corrected chi connectivity index (χ4v) is 2.66. The Morgan fingerprint density at radius 1 is 1.28 bits per heavy atom. The van der Waals surface area contributed by atoms with Gasteiger partial charge in [0.2, 0.25) is 0 Å². The molecule has 0 aliphatic heterocycles. The topological polar surface area (TPSA) is 29.1 Å². The maximum Gasteiger partial charge on any atom is 0.157 e. The minimum absolute atomic E-state index is 0. The summed E-state index contributed by atoms with van der Waals surface area (Å²) in [5.41, 5.74) is 0.311. The number of nitrogens with one attached hydrogen (secondary N) is 1. The van der Waals surface area contributed by atoms with Crippen LogP contribution in [0, 0.1) is 5.82 Å². The molecule has 0 aromatic heterocycles. The summed E-state index contributed by atoms with van der Waals surface area (Å²) < 4.78 is 13.0. The van der Waals surface area contributed by atoms with E-state index < -0.39 is 5.54 Å². The van der Waals surface area contributed by atoms with E-state index in [0.717, 1.165) is 31.4 Å². The highest BCUT2D eigenvalue weighted by molar-refractivity contribution is 5.90. The fourth-order valence-electron chi connectivity index (χ4n) is 2.66. The van der Waals surface area contributed by atoms with Crippen molar-refractivity contribution >= 4 is 18.2 Å². The van der Waals surface area contributed by atoms with Gasteiger partial charge in [-0.1, -0.05) is 25.5 Å². The van der Waals surface area contributed by atoms with Gasteiger partial charge in [-0.3, -0.25) is 4.79 Å². The molecule has 1 aromatic carbocycles. The Morgan fingerprint density at radius 2 is 1.94 bits per heavy atom. The van der Waals surface area contributed by atoms with Gasteiger partial charge in [-0.25, -0.2) is 4.39 Å². The third kappa shape index (κ3) is 2.73. The van der Waals surface area contributed by atoms with Gasteiger partial charge in [-0.2, -0.15) is 0 Å². The summed E-state index contributed by atoms with van der Waals surface area (Å²) in [6.07, 6.45) is 3.43. The van der Waals surface area contributed by atoms with Crippen molar-refractivity contribution in [2.75, 3.05) is 6.54 Å². The molecule has 0 heterocycles. The summed E-state index contributed by atoms with van der Waals surface area (Å²) >= 11 is 0. The van der Waals surface area contributed by atoms with Gasteiger partial charge >= 0.3 is 0 Å². The molecule has 4 heteroatoms. The average molecular weight is 272 g/mol. The molecule has 0 spiro atoms. The van der Waals surface area contributed by atoms with Crippen LogP contribution in [0.4, 0.5) is 4.39 Å². The van der Waals surface area contributed by atoms with Crippen molar-refractivity contribution < 1.29 is 9.18 Å². The van der Waals surface area contributed by atoms with E-state index in [9.17, 15) is 9.18 Å². The van der Waals surface area contributed by atoms with E-state index in [0.29, 0.717) is 6.42 Å². The van der Waals surface area contributed by atoms with E-state index >= 15 is 0 Å². The number of carbonyl (C=O) groups excluding carboxylic acids is 1. The molecular weight excluding hydrogens is 253 g/mol. The van der Waals surface area contributed by atoms with E-state index in [2.05, 4.69) is 5.32 Å². The van der Waals surface area contributed by atoms with Crippen LogP contribution >= 0.6 is 12.4 Å². The van der Waals surface area contributed by atoms with Crippen LogP contribution in [0.15, 0.2) is 24.3 Å². The van der Waals surface area contributed by atoms with Gasteiger partial charge in [0.05, 0.1) is 0 Å². The van der Waals surface area contributed by atoms with E-state index in [1.54, 1.807) is 12.1 Å². The van der Waals surface area contributed by atoms with Gasteiger partial charge in [-0.15, -0.1) is 12.4 Å². The van der Waals surface area contributed by atoms with Crippen LogP contribution in [-0.2, 0) is 10.3 Å². The maximum atomic E-state index is 13.0. The van der Waals surface area contributed by atoms with Crippen LogP contribution in [0.5, 0.6) is 0 Å².